The number of benzene rings is 1. The molecule has 3 nitrogen and oxygen atoms in total. The molecule has 0 fully saturated rings. The second kappa shape index (κ2) is 5.89. The van der Waals surface area contributed by atoms with Gasteiger partial charge >= 0.3 is 0 Å². The summed E-state index contributed by atoms with van der Waals surface area (Å²) in [6.45, 7) is 5.18. The van der Waals surface area contributed by atoms with Crippen molar-refractivity contribution >= 4 is 5.71 Å². The molecule has 3 heteroatoms. The normalized spacial score (nSPS) is 17.8. The van der Waals surface area contributed by atoms with Gasteiger partial charge in [0.2, 0.25) is 0 Å². The molecular formula is C15H21NO2. The SMILES string of the molecule is CCCC(C)COc1ccc2c(c1)CC/C2=N\O. The fraction of sp³-hybridized carbons (Fsp3) is 0.533. The van der Waals surface area contributed by atoms with Crippen molar-refractivity contribution in [3.05, 3.63) is 29.3 Å². The number of hydrogen-bond donors (Lipinski definition) is 1. The van der Waals surface area contributed by atoms with Crippen LogP contribution >= 0.6 is 0 Å². The summed E-state index contributed by atoms with van der Waals surface area (Å²) < 4.78 is 5.81. The number of oxime groups is 1. The lowest BCUT2D eigenvalue weighted by atomic mass is 10.1. The predicted octanol–water partition coefficient (Wildman–Crippen LogP) is 3.63. The molecule has 1 aliphatic carbocycles. The molecule has 18 heavy (non-hydrogen) atoms. The van der Waals surface area contributed by atoms with Crippen molar-refractivity contribution in [2.75, 3.05) is 6.61 Å². The predicted molar refractivity (Wildman–Crippen MR) is 72.7 cm³/mol. The molecule has 2 rings (SSSR count). The average Bonchev–Trinajstić information content (AvgIpc) is 2.79. The number of ether oxygens (including phenoxy) is 1. The Morgan fingerprint density at radius 3 is 2.94 bits per heavy atom. The van der Waals surface area contributed by atoms with Crippen molar-refractivity contribution < 1.29 is 9.94 Å². The van der Waals surface area contributed by atoms with Crippen LogP contribution in [0.25, 0.3) is 0 Å². The van der Waals surface area contributed by atoms with E-state index in [-0.39, 0.29) is 0 Å². The Morgan fingerprint density at radius 1 is 1.39 bits per heavy atom. The van der Waals surface area contributed by atoms with Crippen molar-refractivity contribution in [1.29, 1.82) is 0 Å². The van der Waals surface area contributed by atoms with Gasteiger partial charge in [-0.05, 0) is 48.9 Å². The topological polar surface area (TPSA) is 41.8 Å². The molecule has 0 bridgehead atoms. The molecule has 0 radical (unpaired) electrons. The summed E-state index contributed by atoms with van der Waals surface area (Å²) in [4.78, 5) is 0. The van der Waals surface area contributed by atoms with E-state index in [0.717, 1.165) is 36.5 Å². The van der Waals surface area contributed by atoms with Crippen molar-refractivity contribution in [1.82, 2.24) is 0 Å². The molecule has 0 aromatic heterocycles. The quantitative estimate of drug-likeness (QED) is 0.637. The van der Waals surface area contributed by atoms with E-state index >= 15 is 0 Å². The maximum atomic E-state index is 8.87. The third-order valence-electron chi connectivity index (χ3n) is 3.46. The second-order valence-corrected chi connectivity index (χ2v) is 5.07. The number of hydrogen-bond acceptors (Lipinski definition) is 3. The first-order chi connectivity index (χ1) is 8.74. The maximum Gasteiger partial charge on any atom is 0.119 e. The minimum Gasteiger partial charge on any atom is -0.493 e. The van der Waals surface area contributed by atoms with Gasteiger partial charge in [0.25, 0.3) is 0 Å². The summed E-state index contributed by atoms with van der Waals surface area (Å²) in [6.07, 6.45) is 4.16. The third kappa shape index (κ3) is 2.84. The van der Waals surface area contributed by atoms with Crippen LogP contribution in [0.15, 0.2) is 23.4 Å². The number of nitrogens with zero attached hydrogens (tertiary/aromatic N) is 1. The third-order valence-corrected chi connectivity index (χ3v) is 3.46. The van der Waals surface area contributed by atoms with E-state index in [1.807, 2.05) is 12.1 Å². The van der Waals surface area contributed by atoms with Gasteiger partial charge in [0.05, 0.1) is 12.3 Å². The smallest absolute Gasteiger partial charge is 0.119 e. The molecule has 1 unspecified atom stereocenters. The molecule has 98 valence electrons. The van der Waals surface area contributed by atoms with Gasteiger partial charge in [-0.3, -0.25) is 0 Å². The Morgan fingerprint density at radius 2 is 2.22 bits per heavy atom. The first-order valence-electron chi connectivity index (χ1n) is 6.71. The number of aryl methyl sites for hydroxylation is 1. The zero-order chi connectivity index (χ0) is 13.0. The highest BCUT2D eigenvalue weighted by atomic mass is 16.5. The molecule has 0 heterocycles. The summed E-state index contributed by atoms with van der Waals surface area (Å²) in [5, 5.41) is 12.2. The highest BCUT2D eigenvalue weighted by molar-refractivity contribution is 6.04. The van der Waals surface area contributed by atoms with Crippen molar-refractivity contribution in [2.24, 2.45) is 11.1 Å². The Labute approximate surface area is 108 Å². The van der Waals surface area contributed by atoms with Crippen molar-refractivity contribution in [2.45, 2.75) is 39.5 Å². The van der Waals surface area contributed by atoms with E-state index in [1.165, 1.54) is 18.4 Å². The molecule has 0 spiro atoms. The van der Waals surface area contributed by atoms with Crippen LogP contribution in [0.2, 0.25) is 0 Å². The summed E-state index contributed by atoms with van der Waals surface area (Å²) in [5.41, 5.74) is 3.07. The average molecular weight is 247 g/mol. The van der Waals surface area contributed by atoms with Crippen LogP contribution in [-0.2, 0) is 6.42 Å². The fourth-order valence-corrected chi connectivity index (χ4v) is 2.45. The van der Waals surface area contributed by atoms with Gasteiger partial charge in [-0.25, -0.2) is 0 Å². The largest absolute Gasteiger partial charge is 0.493 e. The van der Waals surface area contributed by atoms with Gasteiger partial charge in [-0.2, -0.15) is 0 Å². The standard InChI is InChI=1S/C15H21NO2/c1-3-4-11(2)10-18-13-6-7-14-12(9-13)5-8-15(14)16-17/h6-7,9,11,17H,3-5,8,10H2,1-2H3/b16-15+. The molecule has 1 N–H and O–H groups in total. The zero-order valence-corrected chi connectivity index (χ0v) is 11.1. The van der Waals surface area contributed by atoms with Crippen molar-refractivity contribution in [3.8, 4) is 5.75 Å². The number of fused-ring (bicyclic) bond motifs is 1. The Kier molecular flexibility index (Phi) is 4.24. The highest BCUT2D eigenvalue weighted by Crippen LogP contribution is 2.27. The van der Waals surface area contributed by atoms with Crippen molar-refractivity contribution in [3.63, 3.8) is 0 Å². The molecule has 0 saturated heterocycles. The first-order valence-corrected chi connectivity index (χ1v) is 6.71. The van der Waals surface area contributed by atoms with E-state index in [0.29, 0.717) is 5.92 Å². The molecular weight excluding hydrogens is 226 g/mol. The summed E-state index contributed by atoms with van der Waals surface area (Å²) >= 11 is 0. The zero-order valence-electron chi connectivity index (χ0n) is 11.1. The fourth-order valence-electron chi connectivity index (χ4n) is 2.45. The van der Waals surface area contributed by atoms with Crippen LogP contribution in [0.4, 0.5) is 0 Å². The Hall–Kier alpha value is -1.51. The lowest BCUT2D eigenvalue weighted by molar-refractivity contribution is 0.251. The Bertz CT molecular complexity index is 440. The van der Waals surface area contributed by atoms with E-state index in [2.05, 4.69) is 25.1 Å². The first kappa shape index (κ1) is 12.9. The Balaban J connectivity index is 2.00. The van der Waals surface area contributed by atoms with E-state index in [4.69, 9.17) is 9.94 Å². The van der Waals surface area contributed by atoms with Crippen LogP contribution in [0.3, 0.4) is 0 Å². The van der Waals surface area contributed by atoms with E-state index < -0.39 is 0 Å². The second-order valence-electron chi connectivity index (χ2n) is 5.07. The molecule has 1 aromatic carbocycles. The van der Waals surface area contributed by atoms with Crippen LogP contribution in [0.5, 0.6) is 5.75 Å². The molecule has 1 aliphatic rings. The maximum absolute atomic E-state index is 8.87. The van der Waals surface area contributed by atoms with Crippen LogP contribution in [0, 0.1) is 5.92 Å². The van der Waals surface area contributed by atoms with E-state index in [9.17, 15) is 0 Å². The monoisotopic (exact) mass is 247 g/mol. The van der Waals surface area contributed by atoms with Crippen LogP contribution < -0.4 is 4.74 Å². The summed E-state index contributed by atoms with van der Waals surface area (Å²) in [5.74, 6) is 1.52. The minimum atomic E-state index is 0.595. The molecule has 1 atom stereocenters. The lowest BCUT2D eigenvalue weighted by Gasteiger charge is -2.12. The summed E-state index contributed by atoms with van der Waals surface area (Å²) in [6, 6.07) is 6.04. The molecule has 0 saturated carbocycles. The highest BCUT2D eigenvalue weighted by Gasteiger charge is 2.18. The van der Waals surface area contributed by atoms with Crippen LogP contribution in [0.1, 0.15) is 44.2 Å². The summed E-state index contributed by atoms with van der Waals surface area (Å²) in [7, 11) is 0. The van der Waals surface area contributed by atoms with Gasteiger partial charge in [0.1, 0.15) is 5.75 Å². The molecule has 0 amide bonds. The molecule has 0 aliphatic heterocycles. The van der Waals surface area contributed by atoms with Gasteiger partial charge in [-0.15, -0.1) is 0 Å². The van der Waals surface area contributed by atoms with Gasteiger partial charge in [0, 0.05) is 5.56 Å². The lowest BCUT2D eigenvalue weighted by Crippen LogP contribution is -2.08. The molecule has 1 aromatic rings. The van der Waals surface area contributed by atoms with Gasteiger partial charge in [-0.1, -0.05) is 25.4 Å². The van der Waals surface area contributed by atoms with Crippen LogP contribution in [-0.4, -0.2) is 17.5 Å². The number of rotatable bonds is 5. The van der Waals surface area contributed by atoms with Gasteiger partial charge < -0.3 is 9.94 Å². The van der Waals surface area contributed by atoms with Gasteiger partial charge in [0.15, 0.2) is 0 Å². The van der Waals surface area contributed by atoms with E-state index in [1.54, 1.807) is 0 Å². The minimum absolute atomic E-state index is 0.595.